The molecule has 1 atom stereocenters. The quantitative estimate of drug-likeness (QED) is 0.742. The summed E-state index contributed by atoms with van der Waals surface area (Å²) in [6.07, 6.45) is -0.843. The average Bonchev–Trinajstić information content (AvgIpc) is 2.62. The Morgan fingerprint density at radius 1 is 1.04 bits per heavy atom. The largest absolute Gasteiger partial charge is 0.496 e. The van der Waals surface area contributed by atoms with Crippen LogP contribution in [-0.4, -0.2) is 25.1 Å². The van der Waals surface area contributed by atoms with Gasteiger partial charge in [-0.1, -0.05) is 43.7 Å². The Morgan fingerprint density at radius 2 is 1.70 bits per heavy atom. The first-order valence-electron chi connectivity index (χ1n) is 9.04. The minimum Gasteiger partial charge on any atom is -0.496 e. The minimum atomic E-state index is -0.891. The smallest absolute Gasteiger partial charge is 0.311 e. The molecule has 0 heterocycles. The van der Waals surface area contributed by atoms with Gasteiger partial charge in [-0.05, 0) is 43.5 Å². The Morgan fingerprint density at radius 3 is 2.30 bits per heavy atom. The molecule has 0 unspecified atom stereocenters. The van der Waals surface area contributed by atoms with Gasteiger partial charge >= 0.3 is 5.97 Å². The maximum absolute atomic E-state index is 12.3. The van der Waals surface area contributed by atoms with Crippen molar-refractivity contribution in [3.8, 4) is 5.75 Å². The van der Waals surface area contributed by atoms with Crippen molar-refractivity contribution in [3.63, 3.8) is 0 Å². The van der Waals surface area contributed by atoms with Gasteiger partial charge in [-0.15, -0.1) is 0 Å². The van der Waals surface area contributed by atoms with Crippen LogP contribution in [0, 0.1) is 6.92 Å². The molecule has 0 spiro atoms. The molecule has 5 heteroatoms. The van der Waals surface area contributed by atoms with Crippen LogP contribution >= 0.6 is 0 Å². The standard InChI is InChI=1S/C22H27NO4/c1-14(2)17-7-9-19(10-8-17)23-22(25)16(4)27-21(24)13-18-12-15(3)6-11-20(18)26-5/h6-12,14,16H,13H2,1-5H3,(H,23,25)/t16-/m1/s1. The van der Waals surface area contributed by atoms with Crippen molar-refractivity contribution in [2.75, 3.05) is 12.4 Å². The van der Waals surface area contributed by atoms with E-state index in [0.717, 1.165) is 11.1 Å². The fourth-order valence-corrected chi connectivity index (χ4v) is 2.69. The molecule has 0 bridgehead atoms. The predicted molar refractivity (Wildman–Crippen MR) is 106 cm³/mol. The first kappa shape index (κ1) is 20.5. The molecule has 0 aliphatic rings. The van der Waals surface area contributed by atoms with Crippen molar-refractivity contribution in [2.24, 2.45) is 0 Å². The first-order valence-corrected chi connectivity index (χ1v) is 9.04. The number of hydrogen-bond donors (Lipinski definition) is 1. The van der Waals surface area contributed by atoms with E-state index >= 15 is 0 Å². The zero-order valence-electron chi connectivity index (χ0n) is 16.5. The van der Waals surface area contributed by atoms with E-state index in [9.17, 15) is 9.59 Å². The Balaban J connectivity index is 1.93. The van der Waals surface area contributed by atoms with E-state index in [4.69, 9.17) is 9.47 Å². The predicted octanol–water partition coefficient (Wildman–Crippen LogP) is 4.24. The van der Waals surface area contributed by atoms with Crippen LogP contribution in [0.15, 0.2) is 42.5 Å². The summed E-state index contributed by atoms with van der Waals surface area (Å²) >= 11 is 0. The SMILES string of the molecule is COc1ccc(C)cc1CC(=O)O[C@H](C)C(=O)Nc1ccc(C(C)C)cc1. The molecule has 1 N–H and O–H groups in total. The number of anilines is 1. The molecule has 0 aliphatic carbocycles. The molecule has 5 nitrogen and oxygen atoms in total. The van der Waals surface area contributed by atoms with Gasteiger partial charge in [0.05, 0.1) is 13.5 Å². The van der Waals surface area contributed by atoms with E-state index < -0.39 is 12.1 Å². The van der Waals surface area contributed by atoms with Crippen LogP contribution < -0.4 is 10.1 Å². The van der Waals surface area contributed by atoms with E-state index in [0.29, 0.717) is 17.4 Å². The van der Waals surface area contributed by atoms with Crippen LogP contribution in [0.4, 0.5) is 5.69 Å². The summed E-state index contributed by atoms with van der Waals surface area (Å²) < 4.78 is 10.6. The highest BCUT2D eigenvalue weighted by Crippen LogP contribution is 2.21. The van der Waals surface area contributed by atoms with Crippen molar-refractivity contribution in [3.05, 3.63) is 59.2 Å². The third-order valence-corrected chi connectivity index (χ3v) is 4.29. The van der Waals surface area contributed by atoms with Crippen LogP contribution in [0.3, 0.4) is 0 Å². The van der Waals surface area contributed by atoms with Crippen molar-refractivity contribution in [1.29, 1.82) is 0 Å². The van der Waals surface area contributed by atoms with Crippen LogP contribution in [-0.2, 0) is 20.7 Å². The highest BCUT2D eigenvalue weighted by atomic mass is 16.5. The van der Waals surface area contributed by atoms with Gasteiger partial charge in [0.1, 0.15) is 5.75 Å². The van der Waals surface area contributed by atoms with Gasteiger partial charge in [0, 0.05) is 11.3 Å². The number of hydrogen-bond acceptors (Lipinski definition) is 4. The molecule has 0 radical (unpaired) electrons. The van der Waals surface area contributed by atoms with E-state index in [-0.39, 0.29) is 12.3 Å². The number of aryl methyl sites for hydroxylation is 1. The van der Waals surface area contributed by atoms with Crippen LogP contribution in [0.2, 0.25) is 0 Å². The van der Waals surface area contributed by atoms with Gasteiger partial charge in [0.15, 0.2) is 6.10 Å². The monoisotopic (exact) mass is 369 g/mol. The Labute approximate surface area is 160 Å². The summed E-state index contributed by atoms with van der Waals surface area (Å²) in [6.45, 7) is 7.72. The highest BCUT2D eigenvalue weighted by Gasteiger charge is 2.19. The average molecular weight is 369 g/mol. The van der Waals surface area contributed by atoms with Crippen molar-refractivity contribution < 1.29 is 19.1 Å². The summed E-state index contributed by atoms with van der Waals surface area (Å²) in [5.41, 5.74) is 3.63. The molecule has 144 valence electrons. The van der Waals surface area contributed by atoms with Crippen LogP contribution in [0.25, 0.3) is 0 Å². The summed E-state index contributed by atoms with van der Waals surface area (Å²) in [6, 6.07) is 13.2. The number of methoxy groups -OCH3 is 1. The molecule has 2 rings (SSSR count). The van der Waals surface area contributed by atoms with Gasteiger partial charge in [0.25, 0.3) is 5.91 Å². The fraction of sp³-hybridized carbons (Fsp3) is 0.364. The van der Waals surface area contributed by atoms with Crippen molar-refractivity contribution in [2.45, 2.75) is 46.1 Å². The molecule has 0 fully saturated rings. The topological polar surface area (TPSA) is 64.6 Å². The lowest BCUT2D eigenvalue weighted by Crippen LogP contribution is -2.30. The molecular formula is C22H27NO4. The van der Waals surface area contributed by atoms with E-state index in [1.54, 1.807) is 14.0 Å². The Kier molecular flexibility index (Phi) is 6.99. The maximum atomic E-state index is 12.3. The lowest BCUT2D eigenvalue weighted by Gasteiger charge is -2.15. The summed E-state index contributed by atoms with van der Waals surface area (Å²) in [5.74, 6) is 0.210. The molecular weight excluding hydrogens is 342 g/mol. The second-order valence-electron chi connectivity index (χ2n) is 6.89. The van der Waals surface area contributed by atoms with E-state index in [1.165, 1.54) is 5.56 Å². The van der Waals surface area contributed by atoms with Gasteiger partial charge < -0.3 is 14.8 Å². The zero-order valence-corrected chi connectivity index (χ0v) is 16.5. The van der Waals surface area contributed by atoms with E-state index in [1.807, 2.05) is 49.4 Å². The summed E-state index contributed by atoms with van der Waals surface area (Å²) in [4.78, 5) is 24.5. The third kappa shape index (κ3) is 5.84. The molecule has 0 aromatic heterocycles. The molecule has 0 saturated heterocycles. The lowest BCUT2D eigenvalue weighted by molar-refractivity contribution is -0.152. The number of ether oxygens (including phenoxy) is 2. The Bertz CT molecular complexity index is 796. The second kappa shape index (κ2) is 9.21. The number of nitrogens with one attached hydrogen (secondary N) is 1. The number of carbonyl (C=O) groups is 2. The molecule has 0 saturated carbocycles. The van der Waals surface area contributed by atoms with Crippen LogP contribution in [0.5, 0.6) is 5.75 Å². The number of carbonyl (C=O) groups excluding carboxylic acids is 2. The maximum Gasteiger partial charge on any atom is 0.311 e. The first-order chi connectivity index (χ1) is 12.8. The number of esters is 1. The van der Waals surface area contributed by atoms with Gasteiger partial charge in [-0.2, -0.15) is 0 Å². The molecule has 1 amide bonds. The lowest BCUT2D eigenvalue weighted by atomic mass is 10.0. The molecule has 2 aromatic carbocycles. The highest BCUT2D eigenvalue weighted by molar-refractivity contribution is 5.95. The van der Waals surface area contributed by atoms with Gasteiger partial charge in [0.2, 0.25) is 0 Å². The number of amides is 1. The van der Waals surface area contributed by atoms with Crippen LogP contribution in [0.1, 0.15) is 43.4 Å². The van der Waals surface area contributed by atoms with E-state index in [2.05, 4.69) is 19.2 Å². The second-order valence-corrected chi connectivity index (χ2v) is 6.89. The zero-order chi connectivity index (χ0) is 20.0. The normalized spacial score (nSPS) is 11.8. The van der Waals surface area contributed by atoms with Crippen molar-refractivity contribution >= 4 is 17.6 Å². The Hall–Kier alpha value is -2.82. The van der Waals surface area contributed by atoms with Gasteiger partial charge in [-0.25, -0.2) is 0 Å². The summed E-state index contributed by atoms with van der Waals surface area (Å²) in [7, 11) is 1.56. The fourth-order valence-electron chi connectivity index (χ4n) is 2.69. The number of benzene rings is 2. The molecule has 27 heavy (non-hydrogen) atoms. The third-order valence-electron chi connectivity index (χ3n) is 4.29. The molecule has 2 aromatic rings. The van der Waals surface area contributed by atoms with Gasteiger partial charge in [-0.3, -0.25) is 9.59 Å². The molecule has 0 aliphatic heterocycles. The number of rotatable bonds is 7. The minimum absolute atomic E-state index is 0.0472. The van der Waals surface area contributed by atoms with Crippen molar-refractivity contribution in [1.82, 2.24) is 0 Å². The summed E-state index contributed by atoms with van der Waals surface area (Å²) in [5, 5.41) is 2.77.